The van der Waals surface area contributed by atoms with Crippen LogP contribution in [-0.2, 0) is 17.9 Å². The summed E-state index contributed by atoms with van der Waals surface area (Å²) in [5.74, 6) is -0.145. The maximum Gasteiger partial charge on any atom is 0.132 e. The van der Waals surface area contributed by atoms with E-state index in [1.54, 1.807) is 17.4 Å². The molecule has 4 heteroatoms. The van der Waals surface area contributed by atoms with Gasteiger partial charge in [0.25, 0.3) is 0 Å². The van der Waals surface area contributed by atoms with Crippen molar-refractivity contribution in [2.24, 2.45) is 0 Å². The van der Waals surface area contributed by atoms with Crippen LogP contribution in [0.25, 0.3) is 10.1 Å². The van der Waals surface area contributed by atoms with Crippen molar-refractivity contribution in [3.05, 3.63) is 34.5 Å². The molecule has 21 heavy (non-hydrogen) atoms. The lowest BCUT2D eigenvalue weighted by molar-refractivity contribution is 0.0512. The second kappa shape index (κ2) is 7.87. The lowest BCUT2D eigenvalue weighted by Gasteiger charge is -2.12. The van der Waals surface area contributed by atoms with E-state index in [2.05, 4.69) is 26.1 Å². The Labute approximate surface area is 130 Å². The average Bonchev–Trinajstić information content (AvgIpc) is 2.84. The molecule has 0 amide bonds. The molecule has 2 nitrogen and oxygen atoms in total. The third-order valence-corrected chi connectivity index (χ3v) is 4.84. The number of ether oxygens (including phenoxy) is 1. The van der Waals surface area contributed by atoms with E-state index in [1.807, 2.05) is 6.07 Å². The van der Waals surface area contributed by atoms with Crippen molar-refractivity contribution in [2.45, 2.75) is 52.9 Å². The van der Waals surface area contributed by atoms with Crippen molar-refractivity contribution in [1.82, 2.24) is 5.32 Å². The van der Waals surface area contributed by atoms with E-state index in [0.717, 1.165) is 41.6 Å². The second-order valence-electron chi connectivity index (χ2n) is 5.32. The number of benzene rings is 1. The molecular formula is C17H24FNOS. The highest BCUT2D eigenvalue weighted by Gasteiger charge is 2.16. The van der Waals surface area contributed by atoms with Crippen LogP contribution in [0.15, 0.2) is 18.2 Å². The first-order chi connectivity index (χ1) is 10.2. The summed E-state index contributed by atoms with van der Waals surface area (Å²) >= 11 is 1.67. The Morgan fingerprint density at radius 1 is 1.33 bits per heavy atom. The van der Waals surface area contributed by atoms with E-state index in [-0.39, 0.29) is 11.9 Å². The van der Waals surface area contributed by atoms with Crippen LogP contribution in [0.2, 0.25) is 0 Å². The molecule has 0 bridgehead atoms. The second-order valence-corrected chi connectivity index (χ2v) is 6.46. The summed E-state index contributed by atoms with van der Waals surface area (Å²) in [6.45, 7) is 8.54. The summed E-state index contributed by atoms with van der Waals surface area (Å²) in [6.07, 6.45) is 2.26. The Morgan fingerprint density at radius 3 is 2.86 bits per heavy atom. The van der Waals surface area contributed by atoms with Gasteiger partial charge in [0.15, 0.2) is 0 Å². The van der Waals surface area contributed by atoms with Gasteiger partial charge in [0.2, 0.25) is 0 Å². The number of thiophene rings is 1. The Morgan fingerprint density at radius 2 is 2.14 bits per heavy atom. The fourth-order valence-electron chi connectivity index (χ4n) is 2.23. The molecule has 1 aromatic carbocycles. The van der Waals surface area contributed by atoms with Gasteiger partial charge in [-0.1, -0.05) is 19.9 Å². The molecule has 1 heterocycles. The zero-order valence-corrected chi connectivity index (χ0v) is 13.9. The third-order valence-electron chi connectivity index (χ3n) is 3.65. The van der Waals surface area contributed by atoms with Crippen LogP contribution in [0.1, 0.15) is 44.1 Å². The molecular weight excluding hydrogens is 285 g/mol. The SMILES string of the molecule is CCCNCc1sc2cccc(F)c2c1COC(C)CC. The van der Waals surface area contributed by atoms with Crippen LogP contribution in [0.3, 0.4) is 0 Å². The molecule has 2 rings (SSSR count). The highest BCUT2D eigenvalue weighted by atomic mass is 32.1. The zero-order valence-electron chi connectivity index (χ0n) is 13.0. The van der Waals surface area contributed by atoms with Gasteiger partial charge in [0, 0.05) is 27.1 Å². The van der Waals surface area contributed by atoms with Crippen LogP contribution >= 0.6 is 11.3 Å². The number of nitrogens with one attached hydrogen (secondary N) is 1. The molecule has 0 aliphatic rings. The first kappa shape index (κ1) is 16.4. The lowest BCUT2D eigenvalue weighted by atomic mass is 10.1. The highest BCUT2D eigenvalue weighted by Crippen LogP contribution is 2.34. The molecule has 116 valence electrons. The standard InChI is InChI=1S/C17H24FNOS/c1-4-9-19-10-16-13(11-20-12(3)5-2)17-14(18)7-6-8-15(17)21-16/h6-8,12,19H,4-5,9-11H2,1-3H3. The molecule has 2 aromatic rings. The van der Waals surface area contributed by atoms with Crippen LogP contribution in [-0.4, -0.2) is 12.6 Å². The smallest absolute Gasteiger partial charge is 0.132 e. The Hall–Kier alpha value is -0.970. The summed E-state index contributed by atoms with van der Waals surface area (Å²) in [4.78, 5) is 1.19. The van der Waals surface area contributed by atoms with Crippen LogP contribution in [0.5, 0.6) is 0 Å². The van der Waals surface area contributed by atoms with Gasteiger partial charge < -0.3 is 10.1 Å². The minimum Gasteiger partial charge on any atom is -0.374 e. The van der Waals surface area contributed by atoms with E-state index in [1.165, 1.54) is 10.9 Å². The van der Waals surface area contributed by atoms with Gasteiger partial charge in [-0.25, -0.2) is 4.39 Å². The van der Waals surface area contributed by atoms with E-state index >= 15 is 0 Å². The molecule has 1 N–H and O–H groups in total. The molecule has 1 unspecified atom stereocenters. The molecule has 0 aliphatic heterocycles. The number of hydrogen-bond acceptors (Lipinski definition) is 3. The highest BCUT2D eigenvalue weighted by molar-refractivity contribution is 7.19. The number of hydrogen-bond donors (Lipinski definition) is 1. The fraction of sp³-hybridized carbons (Fsp3) is 0.529. The first-order valence-electron chi connectivity index (χ1n) is 7.68. The zero-order chi connectivity index (χ0) is 15.2. The van der Waals surface area contributed by atoms with E-state index in [0.29, 0.717) is 6.61 Å². The summed E-state index contributed by atoms with van der Waals surface area (Å²) in [5.41, 5.74) is 1.01. The average molecular weight is 309 g/mol. The summed E-state index contributed by atoms with van der Waals surface area (Å²) < 4.78 is 21.0. The van der Waals surface area contributed by atoms with Gasteiger partial charge in [-0.2, -0.15) is 0 Å². The number of halogens is 1. The molecule has 0 aliphatic carbocycles. The molecule has 0 saturated carbocycles. The fourth-order valence-corrected chi connectivity index (χ4v) is 3.43. The Kier molecular flexibility index (Phi) is 6.15. The molecule has 1 aromatic heterocycles. The van der Waals surface area contributed by atoms with Crippen molar-refractivity contribution < 1.29 is 9.13 Å². The van der Waals surface area contributed by atoms with E-state index < -0.39 is 0 Å². The predicted octanol–water partition coefficient (Wildman–Crippen LogP) is 4.86. The molecule has 0 spiro atoms. The van der Waals surface area contributed by atoms with Gasteiger partial charge in [-0.3, -0.25) is 0 Å². The van der Waals surface area contributed by atoms with Crippen molar-refractivity contribution in [1.29, 1.82) is 0 Å². The van der Waals surface area contributed by atoms with Gasteiger partial charge >= 0.3 is 0 Å². The minimum atomic E-state index is -0.145. The van der Waals surface area contributed by atoms with Crippen LogP contribution < -0.4 is 5.32 Å². The monoisotopic (exact) mass is 309 g/mol. The van der Waals surface area contributed by atoms with E-state index in [4.69, 9.17) is 4.74 Å². The number of rotatable bonds is 8. The third kappa shape index (κ3) is 4.02. The minimum absolute atomic E-state index is 0.145. The van der Waals surface area contributed by atoms with Crippen LogP contribution in [0.4, 0.5) is 4.39 Å². The van der Waals surface area contributed by atoms with Crippen molar-refractivity contribution in [3.63, 3.8) is 0 Å². The van der Waals surface area contributed by atoms with Gasteiger partial charge in [0.05, 0.1) is 12.7 Å². The quantitative estimate of drug-likeness (QED) is 0.703. The van der Waals surface area contributed by atoms with Gasteiger partial charge in [-0.15, -0.1) is 11.3 Å². The molecule has 0 radical (unpaired) electrons. The Balaban J connectivity index is 2.29. The normalized spacial score (nSPS) is 13.0. The number of fused-ring (bicyclic) bond motifs is 1. The van der Waals surface area contributed by atoms with Crippen molar-refractivity contribution in [3.8, 4) is 0 Å². The molecule has 0 saturated heterocycles. The molecule has 0 fully saturated rings. The summed E-state index contributed by atoms with van der Waals surface area (Å²) in [6, 6.07) is 5.29. The van der Waals surface area contributed by atoms with Gasteiger partial charge in [0.1, 0.15) is 5.82 Å². The summed E-state index contributed by atoms with van der Waals surface area (Å²) in [5, 5.41) is 4.14. The van der Waals surface area contributed by atoms with E-state index in [9.17, 15) is 4.39 Å². The van der Waals surface area contributed by atoms with Crippen molar-refractivity contribution in [2.75, 3.05) is 6.54 Å². The first-order valence-corrected chi connectivity index (χ1v) is 8.50. The lowest BCUT2D eigenvalue weighted by Crippen LogP contribution is -2.14. The Bertz CT molecular complexity index is 581. The maximum atomic E-state index is 14.2. The topological polar surface area (TPSA) is 21.3 Å². The summed E-state index contributed by atoms with van der Waals surface area (Å²) in [7, 11) is 0. The van der Waals surface area contributed by atoms with Crippen LogP contribution in [0, 0.1) is 5.82 Å². The van der Waals surface area contributed by atoms with Crippen molar-refractivity contribution >= 4 is 21.4 Å². The maximum absolute atomic E-state index is 14.2. The predicted molar refractivity (Wildman–Crippen MR) is 88.3 cm³/mol. The largest absolute Gasteiger partial charge is 0.374 e. The molecule has 1 atom stereocenters. The van der Waals surface area contributed by atoms with Gasteiger partial charge in [-0.05, 0) is 38.4 Å².